The number of rotatable bonds is 6. The van der Waals surface area contributed by atoms with E-state index in [4.69, 9.17) is 9.47 Å². The first-order chi connectivity index (χ1) is 21.4. The van der Waals surface area contributed by atoms with Crippen LogP contribution in [0.25, 0.3) is 0 Å². The maximum Gasteiger partial charge on any atom is 0.313 e. The van der Waals surface area contributed by atoms with E-state index in [0.717, 1.165) is 5.56 Å². The van der Waals surface area contributed by atoms with Crippen molar-refractivity contribution < 1.29 is 33.8 Å². The molecule has 0 unspecified atom stereocenters. The third-order valence-electron chi connectivity index (χ3n) is 9.81. The summed E-state index contributed by atoms with van der Waals surface area (Å²) in [4.78, 5) is 61.4. The average Bonchev–Trinajstić information content (AvgIpc) is 3.65. The van der Waals surface area contributed by atoms with Crippen LogP contribution in [0.1, 0.15) is 71.5 Å². The Morgan fingerprint density at radius 1 is 1.00 bits per heavy atom. The summed E-state index contributed by atoms with van der Waals surface area (Å²) in [6, 6.07) is 7.87. The van der Waals surface area contributed by atoms with Gasteiger partial charge in [-0.2, -0.15) is 0 Å². The predicted octanol–water partition coefficient (Wildman–Crippen LogP) is 3.41. The first-order valence-electron chi connectivity index (χ1n) is 16.2. The van der Waals surface area contributed by atoms with E-state index >= 15 is 0 Å². The summed E-state index contributed by atoms with van der Waals surface area (Å²) in [5.41, 5.74) is -1.15. The van der Waals surface area contributed by atoms with Crippen LogP contribution in [0.2, 0.25) is 0 Å². The molecule has 1 spiro atoms. The number of hydrogen-bond donors (Lipinski definition) is 1. The molecule has 1 N–H and O–H groups in total. The van der Waals surface area contributed by atoms with Crippen molar-refractivity contribution in [2.75, 3.05) is 26.7 Å². The van der Waals surface area contributed by atoms with E-state index in [9.17, 15) is 24.3 Å². The Kier molecular flexibility index (Phi) is 9.56. The second-order valence-electron chi connectivity index (χ2n) is 13.7. The van der Waals surface area contributed by atoms with Gasteiger partial charge in [0.15, 0.2) is 0 Å². The van der Waals surface area contributed by atoms with Gasteiger partial charge in [-0.25, -0.2) is 0 Å². The molecule has 0 aromatic heterocycles. The molecule has 4 aliphatic heterocycles. The summed E-state index contributed by atoms with van der Waals surface area (Å²) in [5, 5.41) is 9.32. The molecule has 5 bridgehead atoms. The fraction of sp³-hybridized carbons (Fsp3) is 0.600. The van der Waals surface area contributed by atoms with E-state index in [0.29, 0.717) is 38.8 Å². The quantitative estimate of drug-likeness (QED) is 0.294. The Labute approximate surface area is 266 Å². The van der Waals surface area contributed by atoms with E-state index < -0.39 is 53.2 Å². The highest BCUT2D eigenvalue weighted by molar-refractivity contribution is 5.99. The molecule has 0 saturated carbocycles. The third kappa shape index (κ3) is 6.06. The molecule has 0 aliphatic carbocycles. The molecule has 45 heavy (non-hydrogen) atoms. The number of hydrogen-bond acceptors (Lipinski definition) is 7. The summed E-state index contributed by atoms with van der Waals surface area (Å²) < 4.78 is 12.8. The maximum absolute atomic E-state index is 14.6. The van der Waals surface area contributed by atoms with E-state index in [2.05, 4.69) is 0 Å². The third-order valence-corrected chi connectivity index (χ3v) is 9.81. The van der Waals surface area contributed by atoms with Gasteiger partial charge in [-0.15, -0.1) is 0 Å². The second-order valence-corrected chi connectivity index (χ2v) is 13.7. The van der Waals surface area contributed by atoms with Crippen molar-refractivity contribution in [2.45, 2.75) is 95.2 Å². The number of fused-ring (bicyclic) bond motifs is 2. The van der Waals surface area contributed by atoms with E-state index in [1.54, 1.807) is 27.8 Å². The Morgan fingerprint density at radius 3 is 2.42 bits per heavy atom. The van der Waals surface area contributed by atoms with Gasteiger partial charge in [-0.1, -0.05) is 54.6 Å². The largest absolute Gasteiger partial charge is 0.455 e. The molecule has 4 heterocycles. The topological polar surface area (TPSA) is 117 Å². The van der Waals surface area contributed by atoms with Gasteiger partial charge in [0.25, 0.3) is 0 Å². The van der Waals surface area contributed by atoms with E-state index in [-0.39, 0.29) is 30.7 Å². The first-order valence-corrected chi connectivity index (χ1v) is 16.2. The molecule has 7 atom stereocenters. The van der Waals surface area contributed by atoms with Gasteiger partial charge < -0.3 is 29.3 Å². The predicted molar refractivity (Wildman–Crippen MR) is 168 cm³/mol. The Hall–Kier alpha value is -3.50. The maximum atomic E-state index is 14.6. The number of carbonyl (C=O) groups is 4. The van der Waals surface area contributed by atoms with Crippen LogP contribution in [0.15, 0.2) is 54.6 Å². The van der Waals surface area contributed by atoms with Crippen LogP contribution in [0.5, 0.6) is 0 Å². The smallest absolute Gasteiger partial charge is 0.313 e. The van der Waals surface area contributed by atoms with Crippen molar-refractivity contribution in [1.29, 1.82) is 0 Å². The van der Waals surface area contributed by atoms with Crippen molar-refractivity contribution in [3.05, 3.63) is 60.2 Å². The molecule has 1 aromatic rings. The minimum absolute atomic E-state index is 0.0518. The number of likely N-dealkylation sites (N-methyl/N-ethyl adjacent to an activating group) is 1. The molecule has 10 heteroatoms. The molecular formula is C35H47N3O7. The van der Waals surface area contributed by atoms with Crippen molar-refractivity contribution in [2.24, 2.45) is 11.8 Å². The zero-order valence-corrected chi connectivity index (χ0v) is 27.1. The summed E-state index contributed by atoms with van der Waals surface area (Å²) >= 11 is 0. The molecule has 244 valence electrons. The molecule has 3 amide bonds. The highest BCUT2D eigenvalue weighted by atomic mass is 16.6. The van der Waals surface area contributed by atoms with Crippen LogP contribution in [0, 0.1) is 11.8 Å². The summed E-state index contributed by atoms with van der Waals surface area (Å²) in [6.07, 6.45) is 8.56. The van der Waals surface area contributed by atoms with Gasteiger partial charge in [-0.05, 0) is 58.9 Å². The number of aliphatic hydroxyl groups excluding tert-OH is 1. The van der Waals surface area contributed by atoms with E-state index in [1.807, 2.05) is 76.3 Å². The van der Waals surface area contributed by atoms with Crippen LogP contribution in [-0.2, 0) is 28.7 Å². The molecule has 2 saturated heterocycles. The van der Waals surface area contributed by atoms with Crippen molar-refractivity contribution in [1.82, 2.24) is 14.7 Å². The van der Waals surface area contributed by atoms with Crippen molar-refractivity contribution in [3.8, 4) is 0 Å². The van der Waals surface area contributed by atoms with Crippen LogP contribution in [0.4, 0.5) is 0 Å². The molecule has 1 aromatic carbocycles. The zero-order valence-electron chi connectivity index (χ0n) is 27.1. The number of cyclic esters (lactones) is 1. The fourth-order valence-corrected chi connectivity index (χ4v) is 7.27. The average molecular weight is 622 g/mol. The number of ether oxygens (including phenoxy) is 2. The molecule has 2 fully saturated rings. The monoisotopic (exact) mass is 621 g/mol. The number of nitrogens with zero attached hydrogens (tertiary/aromatic N) is 3. The molecule has 4 aliphatic rings. The number of allylic oxidation sites excluding steroid dienone is 1. The van der Waals surface area contributed by atoms with Crippen molar-refractivity contribution >= 4 is 23.7 Å². The second kappa shape index (κ2) is 13.1. The highest BCUT2D eigenvalue weighted by Crippen LogP contribution is 2.56. The Morgan fingerprint density at radius 2 is 1.73 bits per heavy atom. The standard InChI is InChI=1S/C35H47N3O7/c1-23-29(24-15-9-6-10-16-24)44-33(43)27-25-18-19-35(45-25)28(27)31(41)37(20-12-8-14-22-39)30(35)32(42)38(34(2,3)4)21-13-7-11-17-26(40)36(23)5/h6-7,9-10,13,15-16,18-19,23,25,27-30,39H,8,11-12,14,17,20-22H2,1-5H3/b13-7-/t23-,25+,27-,28-,29+,30+,35-/m0/s1. The molecular weight excluding hydrogens is 574 g/mol. The van der Waals surface area contributed by atoms with E-state index in [1.165, 1.54) is 0 Å². The fourth-order valence-electron chi connectivity index (χ4n) is 7.27. The summed E-state index contributed by atoms with van der Waals surface area (Å²) in [5.74, 6) is -3.09. The lowest BCUT2D eigenvalue weighted by Gasteiger charge is -2.41. The zero-order chi connectivity index (χ0) is 32.5. The minimum atomic E-state index is -1.30. The summed E-state index contributed by atoms with van der Waals surface area (Å²) in [7, 11) is 1.72. The first kappa shape index (κ1) is 32.9. The number of carbonyl (C=O) groups excluding carboxylic acids is 4. The van der Waals surface area contributed by atoms with Crippen LogP contribution >= 0.6 is 0 Å². The summed E-state index contributed by atoms with van der Waals surface area (Å²) in [6.45, 7) is 8.36. The SMILES string of the molecule is C[C@H]1[C@H](c2ccccc2)OC(=O)[C@@H]2[C@H]3C(=O)N(CCCCCO)[C@H](C(=O)N(C(C)(C)C)C/C=C\CCC(=O)N1C)[C@]31C=C[C@H]2O1. The van der Waals surface area contributed by atoms with Gasteiger partial charge in [0.2, 0.25) is 17.7 Å². The number of aliphatic hydroxyl groups is 1. The number of esters is 1. The van der Waals surface area contributed by atoms with Crippen LogP contribution < -0.4 is 0 Å². The van der Waals surface area contributed by atoms with Crippen molar-refractivity contribution in [3.63, 3.8) is 0 Å². The Balaban J connectivity index is 1.59. The lowest BCUT2D eigenvalue weighted by atomic mass is 9.74. The molecule has 0 radical (unpaired) electrons. The normalized spacial score (nSPS) is 33.2. The number of unbranched alkanes of at least 4 members (excludes halogenated alkanes) is 2. The number of benzene rings is 1. The highest BCUT2D eigenvalue weighted by Gasteiger charge is 2.73. The lowest BCUT2D eigenvalue weighted by Crippen LogP contribution is -2.59. The van der Waals surface area contributed by atoms with Gasteiger partial charge in [0.1, 0.15) is 23.7 Å². The molecule has 5 rings (SSSR count). The number of likely N-dealkylation sites (tertiary alicyclic amines) is 1. The lowest BCUT2D eigenvalue weighted by molar-refractivity contribution is -0.164. The van der Waals surface area contributed by atoms with Crippen LogP contribution in [0.3, 0.4) is 0 Å². The van der Waals surface area contributed by atoms with Crippen LogP contribution in [-0.4, -0.2) is 99.6 Å². The van der Waals surface area contributed by atoms with Gasteiger partial charge in [-0.3, -0.25) is 19.2 Å². The van der Waals surface area contributed by atoms with Gasteiger partial charge in [0, 0.05) is 38.7 Å². The Bertz CT molecular complexity index is 1340. The number of amides is 3. The van der Waals surface area contributed by atoms with Gasteiger partial charge in [0.05, 0.1) is 18.1 Å². The molecule has 10 nitrogen and oxygen atoms in total. The van der Waals surface area contributed by atoms with Gasteiger partial charge >= 0.3 is 5.97 Å². The minimum Gasteiger partial charge on any atom is -0.455 e.